The van der Waals surface area contributed by atoms with E-state index in [0.29, 0.717) is 0 Å². The highest BCUT2D eigenvalue weighted by atomic mass is 27.2. The van der Waals surface area contributed by atoms with E-state index in [-0.39, 0.29) is 0 Å². The lowest BCUT2D eigenvalue weighted by Crippen LogP contribution is -2.31. The molecule has 0 aliphatic rings. The van der Waals surface area contributed by atoms with Crippen LogP contribution in [0.5, 0.6) is 0 Å². The monoisotopic (exact) mass is 240 g/mol. The summed E-state index contributed by atoms with van der Waals surface area (Å²) in [5.74, 6) is 0. The second-order valence-electron chi connectivity index (χ2n) is 5.31. The van der Waals surface area contributed by atoms with Gasteiger partial charge in [-0.2, -0.15) is 0 Å². The van der Waals surface area contributed by atoms with Crippen molar-refractivity contribution in [3.63, 3.8) is 0 Å². The Morgan fingerprint density at radius 3 is 0.812 bits per heavy atom. The Morgan fingerprint density at radius 1 is 0.500 bits per heavy atom. The summed E-state index contributed by atoms with van der Waals surface area (Å²) in [6.45, 7) is 14.5. The minimum Gasteiger partial charge on any atom is -0.0822 e. The molecule has 0 N–H and O–H groups in total. The number of hydrogen-bond donors (Lipinski definition) is 0. The van der Waals surface area contributed by atoms with Crippen LogP contribution in [0, 0.1) is 0 Å². The zero-order chi connectivity index (χ0) is 12.6. The third kappa shape index (κ3) is 4.42. The fourth-order valence-corrected chi connectivity index (χ4v) is 9.23. The van der Waals surface area contributed by atoms with Crippen molar-refractivity contribution in [2.24, 2.45) is 0 Å². The Morgan fingerprint density at radius 2 is 0.688 bits per heavy atom. The average molecular weight is 240 g/mol. The van der Waals surface area contributed by atoms with Crippen molar-refractivity contribution in [3.05, 3.63) is 0 Å². The first-order valence-corrected chi connectivity index (χ1v) is 9.69. The van der Waals surface area contributed by atoms with Gasteiger partial charge in [0, 0.05) is 0 Å². The topological polar surface area (TPSA) is 0 Å². The Hall–Kier alpha value is 0.532. The number of hydrogen-bond acceptors (Lipinski definition) is 0. The maximum Gasteiger partial charge on any atom is 0.272 e. The molecule has 0 rings (SSSR count). The second kappa shape index (κ2) is 9.55. The first-order chi connectivity index (χ1) is 7.69. The number of rotatable bonds is 9. The molecule has 0 aromatic rings. The first kappa shape index (κ1) is 16.5. The lowest BCUT2D eigenvalue weighted by molar-refractivity contribution is 0.625. The molecule has 0 aromatic heterocycles. The molecule has 0 aliphatic carbocycles. The van der Waals surface area contributed by atoms with E-state index in [1.165, 1.54) is 38.5 Å². The van der Waals surface area contributed by atoms with E-state index in [9.17, 15) is 0 Å². The molecule has 0 saturated carbocycles. The van der Waals surface area contributed by atoms with Gasteiger partial charge in [0.05, 0.1) is 0 Å². The van der Waals surface area contributed by atoms with Gasteiger partial charge in [0.15, 0.2) is 0 Å². The molecule has 0 bridgehead atoms. The highest BCUT2D eigenvalue weighted by Gasteiger charge is 2.36. The maximum absolute atomic E-state index is 2.42. The van der Waals surface area contributed by atoms with E-state index in [0.717, 1.165) is 14.3 Å². The fourth-order valence-electron chi connectivity index (χ4n) is 3.65. The van der Waals surface area contributed by atoms with Crippen molar-refractivity contribution in [2.45, 2.75) is 94.4 Å². The Bertz CT molecular complexity index is 115. The molecule has 0 aromatic carbocycles. The summed E-state index contributed by atoms with van der Waals surface area (Å²) < 4.78 is 3.28. The predicted octanol–water partition coefficient (Wildman–Crippen LogP) is 6.05. The molecule has 0 aliphatic heterocycles. The lowest BCUT2D eigenvalue weighted by atomic mass is 10.2. The van der Waals surface area contributed by atoms with Gasteiger partial charge >= 0.3 is 0 Å². The second-order valence-corrected chi connectivity index (χ2v) is 9.29. The van der Waals surface area contributed by atoms with Crippen LogP contribution < -0.4 is 0 Å². The zero-order valence-corrected chi connectivity index (χ0v) is 13.7. The summed E-state index contributed by atoms with van der Waals surface area (Å²) in [5, 5.41) is 0. The van der Waals surface area contributed by atoms with Gasteiger partial charge in [-0.05, 0) is 0 Å². The Labute approximate surface area is 109 Å². The summed E-state index contributed by atoms with van der Waals surface area (Å²) in [6.07, 6.45) is 8.59. The molecule has 0 heterocycles. The largest absolute Gasteiger partial charge is 0.272 e. The third-order valence-corrected chi connectivity index (χ3v) is 10.9. The van der Waals surface area contributed by atoms with Gasteiger partial charge in [0.1, 0.15) is 0 Å². The van der Waals surface area contributed by atoms with Crippen LogP contribution in [0.25, 0.3) is 0 Å². The Balaban J connectivity index is 4.84. The van der Waals surface area contributed by atoms with Crippen LogP contribution in [0.15, 0.2) is 0 Å². The molecule has 16 heavy (non-hydrogen) atoms. The fraction of sp³-hybridized carbons (Fsp3) is 1.00. The summed E-state index contributed by atoms with van der Waals surface area (Å²) in [5.41, 5.74) is 0. The van der Waals surface area contributed by atoms with Gasteiger partial charge in [-0.1, -0.05) is 94.4 Å². The van der Waals surface area contributed by atoms with E-state index in [1.54, 1.807) is 0 Å². The summed E-state index contributed by atoms with van der Waals surface area (Å²) in [4.78, 5) is 0. The van der Waals surface area contributed by atoms with Crippen molar-refractivity contribution in [1.29, 1.82) is 0 Å². The average Bonchev–Trinajstić information content (AvgIpc) is 2.33. The Kier molecular flexibility index (Phi) is 9.87. The predicted molar refractivity (Wildman–Crippen MR) is 78.8 cm³/mol. The van der Waals surface area contributed by atoms with Crippen molar-refractivity contribution in [2.75, 3.05) is 0 Å². The summed E-state index contributed by atoms with van der Waals surface area (Å²) in [7, 11) is 0. The summed E-state index contributed by atoms with van der Waals surface area (Å²) >= 11 is -0.579. The molecule has 0 saturated heterocycles. The summed E-state index contributed by atoms with van der Waals surface area (Å²) in [6, 6.07) is 0. The van der Waals surface area contributed by atoms with Crippen LogP contribution >= 0.6 is 0 Å². The minimum absolute atomic E-state index is 0.579. The maximum atomic E-state index is 2.42. The van der Waals surface area contributed by atoms with Crippen LogP contribution in [0.4, 0.5) is 0 Å². The van der Waals surface area contributed by atoms with Gasteiger partial charge in [0.2, 0.25) is 0 Å². The lowest BCUT2D eigenvalue weighted by Gasteiger charge is -2.33. The zero-order valence-electron chi connectivity index (χ0n) is 12.6. The van der Waals surface area contributed by atoms with Gasteiger partial charge in [-0.3, -0.25) is 0 Å². The van der Waals surface area contributed by atoms with Crippen LogP contribution in [0.2, 0.25) is 14.3 Å². The molecule has 96 valence electrons. The van der Waals surface area contributed by atoms with Gasteiger partial charge in [-0.25, -0.2) is 0 Å². The smallest absolute Gasteiger partial charge is 0.0822 e. The molecule has 1 heteroatoms. The van der Waals surface area contributed by atoms with Gasteiger partial charge in [0.25, 0.3) is 14.1 Å². The van der Waals surface area contributed by atoms with Crippen LogP contribution in [0.1, 0.15) is 80.1 Å². The standard InChI is InChI=1S/3C5H11.Al/c3*1-3-5-4-2;/h3*5H,3-4H2,1-2H3;. The minimum atomic E-state index is -0.579. The van der Waals surface area contributed by atoms with Gasteiger partial charge in [-0.15, -0.1) is 0 Å². The third-order valence-electron chi connectivity index (χ3n) is 4.78. The highest BCUT2D eigenvalue weighted by Crippen LogP contribution is 2.41. The van der Waals surface area contributed by atoms with Crippen LogP contribution in [-0.4, -0.2) is 14.1 Å². The van der Waals surface area contributed by atoms with Crippen molar-refractivity contribution < 1.29 is 0 Å². The van der Waals surface area contributed by atoms with Crippen molar-refractivity contribution in [1.82, 2.24) is 0 Å². The van der Waals surface area contributed by atoms with Crippen LogP contribution in [0.3, 0.4) is 0 Å². The molecule has 0 amide bonds. The molecule has 0 radical (unpaired) electrons. The van der Waals surface area contributed by atoms with E-state index < -0.39 is 14.1 Å². The SMILES string of the molecule is CC[CH](CC)[Al]([CH](CC)CC)[CH](CC)CC. The van der Waals surface area contributed by atoms with Crippen LogP contribution in [-0.2, 0) is 0 Å². The first-order valence-electron chi connectivity index (χ1n) is 7.69. The molecular formula is C15H33Al. The van der Waals surface area contributed by atoms with Crippen molar-refractivity contribution in [3.8, 4) is 0 Å². The molecule has 0 spiro atoms. The molecular weight excluding hydrogens is 207 g/mol. The van der Waals surface area contributed by atoms with Gasteiger partial charge < -0.3 is 0 Å². The molecule has 0 nitrogen and oxygen atoms in total. The van der Waals surface area contributed by atoms with E-state index in [4.69, 9.17) is 0 Å². The van der Waals surface area contributed by atoms with E-state index >= 15 is 0 Å². The highest BCUT2D eigenvalue weighted by molar-refractivity contribution is 6.63. The quantitative estimate of drug-likeness (QED) is 0.430. The normalized spacial score (nSPS) is 11.8. The molecule has 0 fully saturated rings. The van der Waals surface area contributed by atoms with Crippen molar-refractivity contribution >= 4 is 14.1 Å². The van der Waals surface area contributed by atoms with E-state index in [1.807, 2.05) is 0 Å². The molecule has 0 atom stereocenters. The van der Waals surface area contributed by atoms with E-state index in [2.05, 4.69) is 41.5 Å². The molecule has 0 unspecified atom stereocenters.